The molecule has 0 atom stereocenters. The highest BCUT2D eigenvalue weighted by Gasteiger charge is 2.14. The van der Waals surface area contributed by atoms with Gasteiger partial charge in [-0.25, -0.2) is 0 Å². The van der Waals surface area contributed by atoms with Crippen LogP contribution in [0.1, 0.15) is 19.4 Å². The van der Waals surface area contributed by atoms with E-state index in [1.165, 1.54) is 5.56 Å². The smallest absolute Gasteiger partial charge is 0.121 e. The van der Waals surface area contributed by atoms with Crippen molar-refractivity contribution in [3.63, 3.8) is 0 Å². The lowest BCUT2D eigenvalue weighted by Crippen LogP contribution is -2.30. The summed E-state index contributed by atoms with van der Waals surface area (Å²) in [5, 5.41) is 0. The van der Waals surface area contributed by atoms with E-state index >= 15 is 0 Å². The molecule has 0 aliphatic rings. The Morgan fingerprint density at radius 2 is 1.80 bits per heavy atom. The van der Waals surface area contributed by atoms with Crippen LogP contribution in [0.5, 0.6) is 5.75 Å². The SMILES string of the molecule is COc1ccc(N(Cc2ccccc2)C(C)C)c(N)c1. The molecule has 0 heterocycles. The monoisotopic (exact) mass is 270 g/mol. The summed E-state index contributed by atoms with van der Waals surface area (Å²) >= 11 is 0. The Morgan fingerprint density at radius 3 is 2.35 bits per heavy atom. The second-order valence-corrected chi connectivity index (χ2v) is 5.13. The van der Waals surface area contributed by atoms with Crippen LogP contribution in [0.4, 0.5) is 11.4 Å². The molecule has 2 aromatic rings. The van der Waals surface area contributed by atoms with Crippen molar-refractivity contribution in [2.24, 2.45) is 0 Å². The van der Waals surface area contributed by atoms with E-state index in [9.17, 15) is 0 Å². The fourth-order valence-corrected chi connectivity index (χ4v) is 2.25. The average Bonchev–Trinajstić information content (AvgIpc) is 2.46. The van der Waals surface area contributed by atoms with Crippen molar-refractivity contribution in [1.82, 2.24) is 0 Å². The van der Waals surface area contributed by atoms with E-state index in [1.807, 2.05) is 24.3 Å². The summed E-state index contributed by atoms with van der Waals surface area (Å²) in [5.74, 6) is 0.787. The Morgan fingerprint density at radius 1 is 1.10 bits per heavy atom. The lowest BCUT2D eigenvalue weighted by atomic mass is 10.1. The highest BCUT2D eigenvalue weighted by atomic mass is 16.5. The van der Waals surface area contributed by atoms with E-state index in [4.69, 9.17) is 10.5 Å². The standard InChI is InChI=1S/C17H22N2O/c1-13(2)19(12-14-7-5-4-6-8-14)17-10-9-15(20-3)11-16(17)18/h4-11,13H,12,18H2,1-3H3. The summed E-state index contributed by atoms with van der Waals surface area (Å²) in [4.78, 5) is 2.30. The number of anilines is 2. The summed E-state index contributed by atoms with van der Waals surface area (Å²) in [6.07, 6.45) is 0. The van der Waals surface area contributed by atoms with E-state index in [0.717, 1.165) is 23.7 Å². The van der Waals surface area contributed by atoms with E-state index in [2.05, 4.69) is 43.0 Å². The summed E-state index contributed by atoms with van der Waals surface area (Å²) < 4.78 is 5.21. The maximum Gasteiger partial charge on any atom is 0.121 e. The van der Waals surface area contributed by atoms with Gasteiger partial charge < -0.3 is 15.4 Å². The van der Waals surface area contributed by atoms with Gasteiger partial charge in [-0.05, 0) is 31.5 Å². The molecule has 3 nitrogen and oxygen atoms in total. The van der Waals surface area contributed by atoms with Crippen molar-refractivity contribution < 1.29 is 4.74 Å². The van der Waals surface area contributed by atoms with Crippen molar-refractivity contribution in [2.75, 3.05) is 17.7 Å². The van der Waals surface area contributed by atoms with Gasteiger partial charge in [0.15, 0.2) is 0 Å². The molecule has 0 aliphatic heterocycles. The first-order chi connectivity index (χ1) is 9.61. The van der Waals surface area contributed by atoms with Gasteiger partial charge in [-0.3, -0.25) is 0 Å². The van der Waals surface area contributed by atoms with Gasteiger partial charge >= 0.3 is 0 Å². The lowest BCUT2D eigenvalue weighted by Gasteiger charge is -2.30. The Labute approximate surface area is 121 Å². The number of hydrogen-bond acceptors (Lipinski definition) is 3. The molecule has 0 radical (unpaired) electrons. The minimum atomic E-state index is 0.367. The maximum atomic E-state index is 6.17. The van der Waals surface area contributed by atoms with Crippen LogP contribution in [0.25, 0.3) is 0 Å². The van der Waals surface area contributed by atoms with Crippen molar-refractivity contribution in [2.45, 2.75) is 26.4 Å². The van der Waals surface area contributed by atoms with Crippen LogP contribution in [-0.2, 0) is 6.54 Å². The Kier molecular flexibility index (Phi) is 4.51. The zero-order valence-corrected chi connectivity index (χ0v) is 12.3. The molecule has 3 heteroatoms. The molecule has 0 aliphatic carbocycles. The molecule has 0 saturated heterocycles. The molecule has 0 unspecified atom stereocenters. The Bertz CT molecular complexity index is 552. The van der Waals surface area contributed by atoms with Gasteiger partial charge in [-0.15, -0.1) is 0 Å². The van der Waals surface area contributed by atoms with Crippen LogP contribution in [0.15, 0.2) is 48.5 Å². The quantitative estimate of drug-likeness (QED) is 0.842. The Hall–Kier alpha value is -2.16. The van der Waals surface area contributed by atoms with Crippen molar-refractivity contribution in [3.8, 4) is 5.75 Å². The first kappa shape index (κ1) is 14.3. The first-order valence-corrected chi connectivity index (χ1v) is 6.86. The molecule has 0 amide bonds. The third kappa shape index (κ3) is 3.23. The number of methoxy groups -OCH3 is 1. The van der Waals surface area contributed by atoms with Crippen LogP contribution in [0.3, 0.4) is 0 Å². The molecule has 106 valence electrons. The fourth-order valence-electron chi connectivity index (χ4n) is 2.25. The van der Waals surface area contributed by atoms with Gasteiger partial charge in [0.05, 0.1) is 18.5 Å². The second-order valence-electron chi connectivity index (χ2n) is 5.13. The number of hydrogen-bond donors (Lipinski definition) is 1. The van der Waals surface area contributed by atoms with E-state index in [1.54, 1.807) is 7.11 Å². The molecule has 0 saturated carbocycles. The van der Waals surface area contributed by atoms with Crippen molar-refractivity contribution >= 4 is 11.4 Å². The number of benzene rings is 2. The minimum Gasteiger partial charge on any atom is -0.497 e. The number of rotatable bonds is 5. The largest absolute Gasteiger partial charge is 0.497 e. The number of nitrogen functional groups attached to an aromatic ring is 1. The molecule has 20 heavy (non-hydrogen) atoms. The zero-order valence-electron chi connectivity index (χ0n) is 12.3. The normalized spacial score (nSPS) is 10.6. The average molecular weight is 270 g/mol. The minimum absolute atomic E-state index is 0.367. The highest BCUT2D eigenvalue weighted by Crippen LogP contribution is 2.30. The van der Waals surface area contributed by atoms with Crippen LogP contribution in [0, 0.1) is 0 Å². The topological polar surface area (TPSA) is 38.5 Å². The molecule has 0 spiro atoms. The van der Waals surface area contributed by atoms with E-state index in [0.29, 0.717) is 6.04 Å². The first-order valence-electron chi connectivity index (χ1n) is 6.86. The molecule has 2 N–H and O–H groups in total. The van der Waals surface area contributed by atoms with Crippen LogP contribution >= 0.6 is 0 Å². The van der Waals surface area contributed by atoms with Gasteiger partial charge in [-0.1, -0.05) is 30.3 Å². The van der Waals surface area contributed by atoms with E-state index in [-0.39, 0.29) is 0 Å². The van der Waals surface area contributed by atoms with Crippen molar-refractivity contribution in [1.29, 1.82) is 0 Å². The third-order valence-corrected chi connectivity index (χ3v) is 3.36. The molecule has 2 aromatic carbocycles. The molecular weight excluding hydrogens is 248 g/mol. The Balaban J connectivity index is 2.29. The summed E-state index contributed by atoms with van der Waals surface area (Å²) in [7, 11) is 1.65. The molecule has 2 rings (SSSR count). The van der Waals surface area contributed by atoms with Crippen LogP contribution < -0.4 is 15.4 Å². The second kappa shape index (κ2) is 6.33. The van der Waals surface area contributed by atoms with Gasteiger partial charge in [-0.2, -0.15) is 0 Å². The van der Waals surface area contributed by atoms with Crippen LogP contribution in [-0.4, -0.2) is 13.2 Å². The van der Waals surface area contributed by atoms with Crippen molar-refractivity contribution in [3.05, 3.63) is 54.1 Å². The van der Waals surface area contributed by atoms with Gasteiger partial charge in [0, 0.05) is 18.7 Å². The lowest BCUT2D eigenvalue weighted by molar-refractivity contribution is 0.415. The number of ether oxygens (including phenoxy) is 1. The van der Waals surface area contributed by atoms with Gasteiger partial charge in [0.1, 0.15) is 5.75 Å². The third-order valence-electron chi connectivity index (χ3n) is 3.36. The number of nitrogens with two attached hydrogens (primary N) is 1. The summed E-state index contributed by atoms with van der Waals surface area (Å²) in [5.41, 5.74) is 9.23. The number of nitrogens with zero attached hydrogens (tertiary/aromatic N) is 1. The maximum absolute atomic E-state index is 6.17. The van der Waals surface area contributed by atoms with Crippen LogP contribution in [0.2, 0.25) is 0 Å². The summed E-state index contributed by atoms with van der Waals surface area (Å²) in [6, 6.07) is 16.6. The molecule has 0 bridgehead atoms. The molecule has 0 aromatic heterocycles. The predicted octanol–water partition coefficient (Wildman–Crippen LogP) is 3.69. The highest BCUT2D eigenvalue weighted by molar-refractivity contribution is 5.70. The zero-order chi connectivity index (χ0) is 14.5. The fraction of sp³-hybridized carbons (Fsp3) is 0.294. The molecule has 0 fully saturated rings. The predicted molar refractivity (Wildman–Crippen MR) is 85.2 cm³/mol. The summed E-state index contributed by atoms with van der Waals surface area (Å²) in [6.45, 7) is 5.19. The van der Waals surface area contributed by atoms with E-state index < -0.39 is 0 Å². The van der Waals surface area contributed by atoms with Gasteiger partial charge in [0.2, 0.25) is 0 Å². The van der Waals surface area contributed by atoms with Gasteiger partial charge in [0.25, 0.3) is 0 Å². The molecular formula is C17H22N2O.